The predicted octanol–water partition coefficient (Wildman–Crippen LogP) is 3.52. The molecule has 1 aromatic carbocycles. The summed E-state index contributed by atoms with van der Waals surface area (Å²) in [6.45, 7) is 3.69. The zero-order valence-electron chi connectivity index (χ0n) is 14.4. The second kappa shape index (κ2) is 6.24. The zero-order valence-corrected chi connectivity index (χ0v) is 14.4. The van der Waals surface area contributed by atoms with Gasteiger partial charge in [-0.2, -0.15) is 0 Å². The maximum Gasteiger partial charge on any atom is 0.255 e. The van der Waals surface area contributed by atoms with E-state index < -0.39 is 0 Å². The van der Waals surface area contributed by atoms with Crippen molar-refractivity contribution in [1.82, 2.24) is 14.3 Å². The molecular weight excluding hydrogens is 312 g/mol. The van der Waals surface area contributed by atoms with Gasteiger partial charge in [0.2, 0.25) is 0 Å². The van der Waals surface area contributed by atoms with Crippen molar-refractivity contribution >= 4 is 17.2 Å². The molecule has 2 aromatic heterocycles. The van der Waals surface area contributed by atoms with Gasteiger partial charge in [0.25, 0.3) is 5.91 Å². The van der Waals surface area contributed by atoms with Crippen LogP contribution in [0.3, 0.4) is 0 Å². The number of benzene rings is 1. The lowest BCUT2D eigenvalue weighted by atomic mass is 10.1. The van der Waals surface area contributed by atoms with E-state index in [1.807, 2.05) is 58.8 Å². The second-order valence-corrected chi connectivity index (χ2v) is 6.67. The number of carbonyl (C=O) groups excluding carboxylic acids is 1. The van der Waals surface area contributed by atoms with Gasteiger partial charge in [-0.15, -0.1) is 0 Å². The monoisotopic (exact) mass is 334 g/mol. The van der Waals surface area contributed by atoms with Crippen LogP contribution in [0.2, 0.25) is 0 Å². The van der Waals surface area contributed by atoms with Crippen LogP contribution in [0.1, 0.15) is 35.3 Å². The van der Waals surface area contributed by atoms with Crippen LogP contribution in [-0.4, -0.2) is 33.3 Å². The number of pyridine rings is 1. The molecule has 0 atom stereocenters. The fourth-order valence-electron chi connectivity index (χ4n) is 3.56. The summed E-state index contributed by atoms with van der Waals surface area (Å²) in [6, 6.07) is 11.6. The van der Waals surface area contributed by atoms with Crippen molar-refractivity contribution < 1.29 is 4.79 Å². The molecule has 3 heterocycles. The van der Waals surface area contributed by atoms with E-state index in [9.17, 15) is 4.79 Å². The van der Waals surface area contributed by atoms with E-state index in [0.29, 0.717) is 5.56 Å². The molecule has 128 valence electrons. The topological polar surface area (TPSA) is 63.6 Å². The Morgan fingerprint density at radius 1 is 1.04 bits per heavy atom. The molecule has 2 N–H and O–H groups in total. The Bertz CT molecular complexity index is 921. The fourth-order valence-corrected chi connectivity index (χ4v) is 3.56. The van der Waals surface area contributed by atoms with Crippen molar-refractivity contribution in [3.05, 3.63) is 53.9 Å². The van der Waals surface area contributed by atoms with Gasteiger partial charge in [-0.05, 0) is 50.5 Å². The predicted molar refractivity (Wildman–Crippen MR) is 99.5 cm³/mol. The van der Waals surface area contributed by atoms with Gasteiger partial charge in [-0.1, -0.05) is 12.1 Å². The lowest BCUT2D eigenvalue weighted by Crippen LogP contribution is -2.35. The summed E-state index contributed by atoms with van der Waals surface area (Å²) in [5.41, 5.74) is 11.1. The number of nitrogens with two attached hydrogens (primary N) is 1. The molecule has 1 saturated heterocycles. The summed E-state index contributed by atoms with van der Waals surface area (Å²) in [5.74, 6) is 0.108. The van der Waals surface area contributed by atoms with Gasteiger partial charge in [0.1, 0.15) is 5.65 Å². The Kier molecular flexibility index (Phi) is 3.92. The number of imidazole rings is 1. The molecule has 3 aromatic rings. The molecule has 25 heavy (non-hydrogen) atoms. The summed E-state index contributed by atoms with van der Waals surface area (Å²) >= 11 is 0. The van der Waals surface area contributed by atoms with Gasteiger partial charge in [-0.3, -0.25) is 9.20 Å². The Morgan fingerprint density at radius 3 is 2.48 bits per heavy atom. The fraction of sp³-hybridized carbons (Fsp3) is 0.300. The minimum absolute atomic E-state index is 0.108. The number of hydrogen-bond donors (Lipinski definition) is 1. The van der Waals surface area contributed by atoms with Crippen molar-refractivity contribution in [2.45, 2.75) is 26.2 Å². The first-order chi connectivity index (χ1) is 12.1. The number of aromatic nitrogens is 2. The third-order valence-corrected chi connectivity index (χ3v) is 4.87. The van der Waals surface area contributed by atoms with E-state index in [0.717, 1.165) is 54.2 Å². The highest BCUT2D eigenvalue weighted by Crippen LogP contribution is 2.26. The number of nitrogens with zero attached hydrogens (tertiary/aromatic N) is 3. The van der Waals surface area contributed by atoms with E-state index in [4.69, 9.17) is 5.73 Å². The quantitative estimate of drug-likeness (QED) is 0.729. The number of fused-ring (bicyclic) bond motifs is 1. The van der Waals surface area contributed by atoms with Gasteiger partial charge >= 0.3 is 0 Å². The first-order valence-corrected chi connectivity index (χ1v) is 8.77. The minimum Gasteiger partial charge on any atom is -0.399 e. The summed E-state index contributed by atoms with van der Waals surface area (Å²) in [6.07, 6.45) is 5.31. The molecule has 0 radical (unpaired) electrons. The number of aryl methyl sites for hydroxylation is 1. The first-order valence-electron chi connectivity index (χ1n) is 8.77. The standard InChI is InChI=1S/C20H22N4O/c1-14-19(15-5-8-17(21)9-6-15)24-13-16(7-10-18(24)22-14)20(25)23-11-3-2-4-12-23/h5-10,13H,2-4,11-12,21H2,1H3. The van der Waals surface area contributed by atoms with E-state index >= 15 is 0 Å². The molecule has 5 heteroatoms. The molecule has 1 aliphatic heterocycles. The lowest BCUT2D eigenvalue weighted by Gasteiger charge is -2.26. The molecule has 0 bridgehead atoms. The van der Waals surface area contributed by atoms with Crippen LogP contribution in [0, 0.1) is 6.92 Å². The Balaban J connectivity index is 1.78. The molecule has 5 nitrogen and oxygen atoms in total. The Labute approximate surface area is 147 Å². The summed E-state index contributed by atoms with van der Waals surface area (Å²) in [5, 5.41) is 0. The van der Waals surface area contributed by atoms with Crippen LogP contribution in [0.25, 0.3) is 16.9 Å². The molecule has 0 saturated carbocycles. The van der Waals surface area contributed by atoms with E-state index in [1.165, 1.54) is 6.42 Å². The van der Waals surface area contributed by atoms with Crippen LogP contribution in [-0.2, 0) is 0 Å². The molecule has 1 fully saturated rings. The van der Waals surface area contributed by atoms with Gasteiger partial charge in [0.15, 0.2) is 0 Å². The molecular formula is C20H22N4O. The van der Waals surface area contributed by atoms with Crippen LogP contribution in [0.5, 0.6) is 0 Å². The van der Waals surface area contributed by atoms with Crippen molar-refractivity contribution in [2.75, 3.05) is 18.8 Å². The van der Waals surface area contributed by atoms with Crippen molar-refractivity contribution in [2.24, 2.45) is 0 Å². The average molecular weight is 334 g/mol. The molecule has 0 unspecified atom stereocenters. The van der Waals surface area contributed by atoms with Crippen molar-refractivity contribution in [1.29, 1.82) is 0 Å². The maximum atomic E-state index is 12.8. The Hall–Kier alpha value is -2.82. The normalized spacial score (nSPS) is 14.8. The van der Waals surface area contributed by atoms with Crippen molar-refractivity contribution in [3.63, 3.8) is 0 Å². The number of rotatable bonds is 2. The zero-order chi connectivity index (χ0) is 17.4. The molecule has 0 aliphatic carbocycles. The highest BCUT2D eigenvalue weighted by atomic mass is 16.2. The third-order valence-electron chi connectivity index (χ3n) is 4.87. The molecule has 1 amide bonds. The first kappa shape index (κ1) is 15.7. The number of likely N-dealkylation sites (tertiary alicyclic amines) is 1. The molecule has 1 aliphatic rings. The number of anilines is 1. The lowest BCUT2D eigenvalue weighted by molar-refractivity contribution is 0.0724. The highest BCUT2D eigenvalue weighted by molar-refractivity contribution is 5.94. The average Bonchev–Trinajstić information content (AvgIpc) is 2.97. The van der Waals surface area contributed by atoms with Gasteiger partial charge < -0.3 is 10.6 Å². The van der Waals surface area contributed by atoms with Crippen LogP contribution in [0.4, 0.5) is 5.69 Å². The molecule has 4 rings (SSSR count). The number of carbonyl (C=O) groups is 1. The number of amides is 1. The smallest absolute Gasteiger partial charge is 0.255 e. The van der Waals surface area contributed by atoms with Crippen LogP contribution in [0.15, 0.2) is 42.6 Å². The largest absolute Gasteiger partial charge is 0.399 e. The van der Waals surface area contributed by atoms with E-state index in [2.05, 4.69) is 4.98 Å². The SMILES string of the molecule is Cc1nc2ccc(C(=O)N3CCCCC3)cn2c1-c1ccc(N)cc1. The number of nitrogen functional groups attached to an aromatic ring is 1. The summed E-state index contributed by atoms with van der Waals surface area (Å²) < 4.78 is 2.01. The Morgan fingerprint density at radius 2 is 1.76 bits per heavy atom. The highest BCUT2D eigenvalue weighted by Gasteiger charge is 2.19. The second-order valence-electron chi connectivity index (χ2n) is 6.67. The van der Waals surface area contributed by atoms with Crippen molar-refractivity contribution in [3.8, 4) is 11.3 Å². The van der Waals surface area contributed by atoms with Crippen LogP contribution < -0.4 is 5.73 Å². The van der Waals surface area contributed by atoms with E-state index in [1.54, 1.807) is 0 Å². The van der Waals surface area contributed by atoms with Gasteiger partial charge in [0, 0.05) is 30.5 Å². The minimum atomic E-state index is 0.108. The maximum absolute atomic E-state index is 12.8. The van der Waals surface area contributed by atoms with E-state index in [-0.39, 0.29) is 5.91 Å². The third kappa shape index (κ3) is 2.86. The molecule has 0 spiro atoms. The summed E-state index contributed by atoms with van der Waals surface area (Å²) in [4.78, 5) is 19.4. The number of hydrogen-bond acceptors (Lipinski definition) is 3. The summed E-state index contributed by atoms with van der Waals surface area (Å²) in [7, 11) is 0. The number of piperidine rings is 1. The van der Waals surface area contributed by atoms with Gasteiger partial charge in [-0.25, -0.2) is 4.98 Å². The van der Waals surface area contributed by atoms with Crippen LogP contribution >= 0.6 is 0 Å². The van der Waals surface area contributed by atoms with Gasteiger partial charge in [0.05, 0.1) is 17.0 Å².